The van der Waals surface area contributed by atoms with Crippen LogP contribution in [0.25, 0.3) is 0 Å². The molecule has 1 aliphatic rings. The zero-order valence-electron chi connectivity index (χ0n) is 11.3. The molecule has 1 aliphatic heterocycles. The van der Waals surface area contributed by atoms with Gasteiger partial charge in [0.05, 0.1) is 6.54 Å². The average Bonchev–Trinajstić information content (AvgIpc) is 3.05. The fraction of sp³-hybridized carbons (Fsp3) is 0.571. The predicted octanol–water partition coefficient (Wildman–Crippen LogP) is 2.40. The molecule has 1 atom stereocenters. The third kappa shape index (κ3) is 3.04. The second-order valence-corrected chi connectivity index (χ2v) is 6.04. The first kappa shape index (κ1) is 12.8. The maximum atomic E-state index is 4.32. The molecule has 5 heteroatoms. The molecule has 1 N–H and O–H groups in total. The van der Waals surface area contributed by atoms with Crippen molar-refractivity contribution in [3.63, 3.8) is 0 Å². The number of fused-ring (bicyclic) bond motifs is 1. The minimum atomic E-state index is 0.464. The average molecular weight is 276 g/mol. The standard InChI is InChI=1S/C14H20N4S/c1-11(8-12-5-7-19-10-12)15-9-14-17-16-13-4-2-3-6-18(13)14/h5,7,10-11,15H,2-4,6,8-9H2,1H3. The normalized spacial score (nSPS) is 16.3. The Labute approximate surface area is 117 Å². The maximum Gasteiger partial charge on any atom is 0.147 e. The number of aryl methyl sites for hydroxylation is 1. The number of hydrogen-bond donors (Lipinski definition) is 1. The summed E-state index contributed by atoms with van der Waals surface area (Å²) in [7, 11) is 0. The van der Waals surface area contributed by atoms with Gasteiger partial charge in [-0.2, -0.15) is 11.3 Å². The van der Waals surface area contributed by atoms with E-state index in [1.165, 1.54) is 18.4 Å². The third-order valence-electron chi connectivity index (χ3n) is 3.67. The quantitative estimate of drug-likeness (QED) is 0.912. The van der Waals surface area contributed by atoms with Crippen LogP contribution in [0.4, 0.5) is 0 Å². The molecule has 3 rings (SSSR count). The van der Waals surface area contributed by atoms with Gasteiger partial charge in [-0.15, -0.1) is 10.2 Å². The van der Waals surface area contributed by atoms with Gasteiger partial charge in [0, 0.05) is 19.0 Å². The largest absolute Gasteiger partial charge is 0.314 e. The van der Waals surface area contributed by atoms with E-state index in [1.807, 2.05) is 0 Å². The molecule has 2 aromatic rings. The lowest BCUT2D eigenvalue weighted by Crippen LogP contribution is -2.29. The van der Waals surface area contributed by atoms with Crippen molar-refractivity contribution in [3.8, 4) is 0 Å². The number of hydrogen-bond acceptors (Lipinski definition) is 4. The van der Waals surface area contributed by atoms with E-state index in [0.29, 0.717) is 6.04 Å². The molecule has 0 aromatic carbocycles. The van der Waals surface area contributed by atoms with Crippen molar-refractivity contribution in [3.05, 3.63) is 34.0 Å². The summed E-state index contributed by atoms with van der Waals surface area (Å²) in [5.41, 5.74) is 1.41. The zero-order chi connectivity index (χ0) is 13.1. The number of rotatable bonds is 5. The molecule has 3 heterocycles. The molecule has 2 aromatic heterocycles. The van der Waals surface area contributed by atoms with Gasteiger partial charge in [-0.05, 0) is 48.6 Å². The van der Waals surface area contributed by atoms with E-state index in [1.54, 1.807) is 11.3 Å². The Morgan fingerprint density at radius 2 is 2.37 bits per heavy atom. The Morgan fingerprint density at radius 3 is 3.21 bits per heavy atom. The van der Waals surface area contributed by atoms with Gasteiger partial charge in [-0.1, -0.05) is 0 Å². The molecule has 0 saturated carbocycles. The Bertz CT molecular complexity index is 518. The number of thiophene rings is 1. The first-order valence-corrected chi connectivity index (χ1v) is 7.92. The Morgan fingerprint density at radius 1 is 1.42 bits per heavy atom. The molecule has 19 heavy (non-hydrogen) atoms. The molecule has 0 amide bonds. The number of aromatic nitrogens is 3. The van der Waals surface area contributed by atoms with Crippen molar-refractivity contribution in [2.75, 3.05) is 0 Å². The SMILES string of the molecule is CC(Cc1ccsc1)NCc1nnc2n1CCCC2. The van der Waals surface area contributed by atoms with Gasteiger partial charge in [0.2, 0.25) is 0 Å². The van der Waals surface area contributed by atoms with Crippen LogP contribution in [0.1, 0.15) is 37.0 Å². The van der Waals surface area contributed by atoms with E-state index >= 15 is 0 Å². The first-order valence-electron chi connectivity index (χ1n) is 6.98. The Kier molecular flexibility index (Phi) is 3.94. The summed E-state index contributed by atoms with van der Waals surface area (Å²) in [5.74, 6) is 2.25. The molecule has 0 fully saturated rings. The fourth-order valence-corrected chi connectivity index (χ4v) is 3.28. The molecule has 0 radical (unpaired) electrons. The van der Waals surface area contributed by atoms with Crippen molar-refractivity contribution in [1.82, 2.24) is 20.1 Å². The van der Waals surface area contributed by atoms with E-state index in [4.69, 9.17) is 0 Å². The summed E-state index contributed by atoms with van der Waals surface area (Å²) in [4.78, 5) is 0. The summed E-state index contributed by atoms with van der Waals surface area (Å²) >= 11 is 1.76. The summed E-state index contributed by atoms with van der Waals surface area (Å²) in [6, 6.07) is 2.66. The van der Waals surface area contributed by atoms with Crippen LogP contribution in [-0.2, 0) is 25.9 Å². The van der Waals surface area contributed by atoms with Gasteiger partial charge >= 0.3 is 0 Å². The highest BCUT2D eigenvalue weighted by atomic mass is 32.1. The molecule has 0 spiro atoms. The van der Waals surface area contributed by atoms with Gasteiger partial charge in [-0.3, -0.25) is 0 Å². The van der Waals surface area contributed by atoms with E-state index in [2.05, 4.69) is 43.8 Å². The molecule has 0 saturated heterocycles. The number of nitrogens with one attached hydrogen (secondary N) is 1. The van der Waals surface area contributed by atoms with Crippen molar-refractivity contribution in [1.29, 1.82) is 0 Å². The molecule has 4 nitrogen and oxygen atoms in total. The second kappa shape index (κ2) is 5.84. The topological polar surface area (TPSA) is 42.7 Å². The van der Waals surface area contributed by atoms with Gasteiger partial charge in [-0.25, -0.2) is 0 Å². The molecular weight excluding hydrogens is 256 g/mol. The predicted molar refractivity (Wildman–Crippen MR) is 77.3 cm³/mol. The monoisotopic (exact) mass is 276 g/mol. The summed E-state index contributed by atoms with van der Waals surface area (Å²) in [6.07, 6.45) is 4.66. The Hall–Kier alpha value is -1.20. The maximum absolute atomic E-state index is 4.32. The van der Waals surface area contributed by atoms with E-state index < -0.39 is 0 Å². The minimum Gasteiger partial charge on any atom is -0.314 e. The summed E-state index contributed by atoms with van der Waals surface area (Å²) < 4.78 is 2.29. The highest BCUT2D eigenvalue weighted by Crippen LogP contribution is 2.14. The van der Waals surface area contributed by atoms with Crippen molar-refractivity contribution in [2.24, 2.45) is 0 Å². The van der Waals surface area contributed by atoms with Crippen LogP contribution in [0.15, 0.2) is 16.8 Å². The smallest absolute Gasteiger partial charge is 0.147 e. The molecule has 0 bridgehead atoms. The second-order valence-electron chi connectivity index (χ2n) is 5.26. The van der Waals surface area contributed by atoms with Crippen molar-refractivity contribution < 1.29 is 0 Å². The fourth-order valence-electron chi connectivity index (χ4n) is 2.60. The van der Waals surface area contributed by atoms with Crippen LogP contribution in [0.3, 0.4) is 0 Å². The van der Waals surface area contributed by atoms with Crippen LogP contribution in [0.5, 0.6) is 0 Å². The molecule has 0 aliphatic carbocycles. The minimum absolute atomic E-state index is 0.464. The first-order chi connectivity index (χ1) is 9.33. The van der Waals surface area contributed by atoms with Crippen LogP contribution in [-0.4, -0.2) is 20.8 Å². The van der Waals surface area contributed by atoms with Gasteiger partial charge in [0.25, 0.3) is 0 Å². The molecule has 102 valence electrons. The lowest BCUT2D eigenvalue weighted by molar-refractivity contribution is 0.478. The van der Waals surface area contributed by atoms with Gasteiger partial charge in [0.1, 0.15) is 11.6 Å². The molecule has 1 unspecified atom stereocenters. The van der Waals surface area contributed by atoms with Gasteiger partial charge < -0.3 is 9.88 Å². The van der Waals surface area contributed by atoms with Crippen LogP contribution in [0, 0.1) is 0 Å². The van der Waals surface area contributed by atoms with E-state index in [0.717, 1.165) is 37.6 Å². The summed E-state index contributed by atoms with van der Waals surface area (Å²) in [5, 5.41) is 16.5. The van der Waals surface area contributed by atoms with Crippen LogP contribution in [0.2, 0.25) is 0 Å². The Balaban J connectivity index is 1.55. The zero-order valence-corrected chi connectivity index (χ0v) is 12.1. The lowest BCUT2D eigenvalue weighted by Gasteiger charge is -2.16. The van der Waals surface area contributed by atoms with E-state index in [-0.39, 0.29) is 0 Å². The lowest BCUT2D eigenvalue weighted by atomic mass is 10.1. The van der Waals surface area contributed by atoms with Crippen LogP contribution < -0.4 is 5.32 Å². The van der Waals surface area contributed by atoms with Crippen LogP contribution >= 0.6 is 11.3 Å². The molecular formula is C14H20N4S. The van der Waals surface area contributed by atoms with E-state index in [9.17, 15) is 0 Å². The van der Waals surface area contributed by atoms with Gasteiger partial charge in [0.15, 0.2) is 0 Å². The highest BCUT2D eigenvalue weighted by Gasteiger charge is 2.15. The van der Waals surface area contributed by atoms with Crippen molar-refractivity contribution >= 4 is 11.3 Å². The summed E-state index contributed by atoms with van der Waals surface area (Å²) in [6.45, 7) is 4.13. The van der Waals surface area contributed by atoms with Crippen molar-refractivity contribution in [2.45, 2.75) is 51.7 Å². The number of nitrogens with zero attached hydrogens (tertiary/aromatic N) is 3. The highest BCUT2D eigenvalue weighted by molar-refractivity contribution is 7.07. The third-order valence-corrected chi connectivity index (χ3v) is 4.40.